The predicted octanol–water partition coefficient (Wildman–Crippen LogP) is 3.62. The Hall–Kier alpha value is -2.66. The summed E-state index contributed by atoms with van der Waals surface area (Å²) in [6.07, 6.45) is -1.08. The highest BCUT2D eigenvalue weighted by molar-refractivity contribution is 6.44. The quantitative estimate of drug-likeness (QED) is 0.395. The van der Waals surface area contributed by atoms with Crippen molar-refractivity contribution in [2.45, 2.75) is 6.10 Å². The Kier molecular flexibility index (Phi) is 3.88. The molecular weight excluding hydrogens is 323 g/mol. The van der Waals surface area contributed by atoms with E-state index in [2.05, 4.69) is 0 Å². The molecule has 2 aromatic rings. The lowest BCUT2D eigenvalue weighted by atomic mass is 9.97. The number of esters is 1. The number of Topliss-reactive ketones (excluding diaryl/α,β-unsaturated/α-hetero) is 1. The van der Waals surface area contributed by atoms with Crippen molar-refractivity contribution in [3.8, 4) is 0 Å². The van der Waals surface area contributed by atoms with E-state index in [-0.39, 0.29) is 11.3 Å². The van der Waals surface area contributed by atoms with Gasteiger partial charge in [0.1, 0.15) is 11.6 Å². The van der Waals surface area contributed by atoms with Crippen LogP contribution in [0, 0.1) is 5.82 Å². The van der Waals surface area contributed by atoms with Gasteiger partial charge >= 0.3 is 5.97 Å². The first-order valence-electron chi connectivity index (χ1n) is 6.67. The van der Waals surface area contributed by atoms with Crippen molar-refractivity contribution >= 4 is 29.1 Å². The van der Waals surface area contributed by atoms with Crippen LogP contribution in [0.3, 0.4) is 0 Å². The Labute approximate surface area is 135 Å². The van der Waals surface area contributed by atoms with Gasteiger partial charge in [-0.3, -0.25) is 4.79 Å². The van der Waals surface area contributed by atoms with Gasteiger partial charge in [0.05, 0.1) is 5.57 Å². The number of ether oxygens (including phenoxy) is 1. The molecule has 2 aromatic carbocycles. The molecule has 0 spiro atoms. The number of ketones is 1. The Bertz CT molecular complexity index is 809. The first-order valence-corrected chi connectivity index (χ1v) is 7.05. The molecule has 1 fully saturated rings. The normalized spacial score (nSPS) is 19.7. The van der Waals surface area contributed by atoms with Crippen LogP contribution in [0.1, 0.15) is 17.2 Å². The molecule has 0 aliphatic carbocycles. The molecule has 0 unspecified atom stereocenters. The van der Waals surface area contributed by atoms with Crippen molar-refractivity contribution < 1.29 is 23.8 Å². The van der Waals surface area contributed by atoms with E-state index in [9.17, 15) is 19.1 Å². The fraction of sp³-hybridized carbons (Fsp3) is 0.0588. The average molecular weight is 333 g/mol. The van der Waals surface area contributed by atoms with E-state index in [1.807, 2.05) is 0 Å². The Balaban J connectivity index is 2.10. The largest absolute Gasteiger partial charge is 0.507 e. The summed E-state index contributed by atoms with van der Waals surface area (Å²) in [6, 6.07) is 11.3. The van der Waals surface area contributed by atoms with Gasteiger partial charge in [0.25, 0.3) is 5.78 Å². The predicted molar refractivity (Wildman–Crippen MR) is 81.2 cm³/mol. The van der Waals surface area contributed by atoms with Crippen LogP contribution in [-0.2, 0) is 14.3 Å². The molecule has 1 atom stereocenters. The van der Waals surface area contributed by atoms with Crippen LogP contribution < -0.4 is 0 Å². The van der Waals surface area contributed by atoms with Crippen LogP contribution >= 0.6 is 11.6 Å². The Morgan fingerprint density at radius 1 is 1.04 bits per heavy atom. The minimum Gasteiger partial charge on any atom is -0.507 e. The first kappa shape index (κ1) is 15.2. The topological polar surface area (TPSA) is 63.6 Å². The smallest absolute Gasteiger partial charge is 0.380 e. The summed E-state index contributed by atoms with van der Waals surface area (Å²) in [6.45, 7) is 0. The van der Waals surface area contributed by atoms with E-state index in [0.29, 0.717) is 16.1 Å². The molecule has 0 aromatic heterocycles. The number of halogens is 2. The number of rotatable bonds is 2. The molecule has 1 saturated heterocycles. The van der Waals surface area contributed by atoms with E-state index in [4.69, 9.17) is 16.3 Å². The van der Waals surface area contributed by atoms with Crippen molar-refractivity contribution in [1.29, 1.82) is 0 Å². The first-order chi connectivity index (χ1) is 11.0. The maximum absolute atomic E-state index is 13.0. The summed E-state index contributed by atoms with van der Waals surface area (Å²) >= 11 is 5.79. The highest BCUT2D eigenvalue weighted by Crippen LogP contribution is 2.37. The van der Waals surface area contributed by atoms with E-state index >= 15 is 0 Å². The molecule has 116 valence electrons. The SMILES string of the molecule is O=C1O[C@H](c2ccc(F)cc2)C(=C(O)c2ccc(Cl)cc2)C1=O. The van der Waals surface area contributed by atoms with Gasteiger partial charge in [-0.15, -0.1) is 0 Å². The fourth-order valence-corrected chi connectivity index (χ4v) is 2.44. The van der Waals surface area contributed by atoms with Crippen LogP contribution in [0.5, 0.6) is 0 Å². The zero-order valence-electron chi connectivity index (χ0n) is 11.6. The van der Waals surface area contributed by atoms with Crippen LogP contribution in [0.4, 0.5) is 4.39 Å². The van der Waals surface area contributed by atoms with Gasteiger partial charge in [0.15, 0.2) is 6.10 Å². The maximum Gasteiger partial charge on any atom is 0.380 e. The molecule has 6 heteroatoms. The third-order valence-corrected chi connectivity index (χ3v) is 3.71. The number of cyclic esters (lactones) is 1. The number of benzene rings is 2. The molecule has 0 bridgehead atoms. The number of aliphatic hydroxyl groups is 1. The van der Waals surface area contributed by atoms with Crippen molar-refractivity contribution in [1.82, 2.24) is 0 Å². The summed E-state index contributed by atoms with van der Waals surface area (Å²) in [4.78, 5) is 23.7. The Morgan fingerprint density at radius 3 is 2.26 bits per heavy atom. The molecule has 3 rings (SSSR count). The average Bonchev–Trinajstić information content (AvgIpc) is 2.84. The molecule has 0 saturated carbocycles. The molecule has 1 N–H and O–H groups in total. The molecule has 4 nitrogen and oxygen atoms in total. The number of carbonyl (C=O) groups is 2. The van der Waals surface area contributed by atoms with E-state index in [0.717, 1.165) is 0 Å². The zero-order chi connectivity index (χ0) is 16.6. The van der Waals surface area contributed by atoms with Crippen molar-refractivity contribution in [2.75, 3.05) is 0 Å². The summed E-state index contributed by atoms with van der Waals surface area (Å²) in [5, 5.41) is 10.9. The molecule has 1 aliphatic rings. The number of hydrogen-bond donors (Lipinski definition) is 1. The van der Waals surface area contributed by atoms with Gasteiger partial charge in [0.2, 0.25) is 0 Å². The number of aliphatic hydroxyl groups excluding tert-OH is 1. The van der Waals surface area contributed by atoms with Gasteiger partial charge in [-0.1, -0.05) is 23.7 Å². The maximum atomic E-state index is 13.0. The van der Waals surface area contributed by atoms with Gasteiger partial charge < -0.3 is 9.84 Å². The second-order valence-electron chi connectivity index (χ2n) is 4.94. The highest BCUT2D eigenvalue weighted by Gasteiger charge is 2.42. The minimum absolute atomic E-state index is 0.177. The van der Waals surface area contributed by atoms with Crippen molar-refractivity contribution in [3.05, 3.63) is 76.1 Å². The summed E-state index contributed by atoms with van der Waals surface area (Å²) in [7, 11) is 0. The van der Waals surface area contributed by atoms with E-state index < -0.39 is 23.7 Å². The monoisotopic (exact) mass is 332 g/mol. The second kappa shape index (κ2) is 5.85. The lowest BCUT2D eigenvalue weighted by molar-refractivity contribution is -0.149. The van der Waals surface area contributed by atoms with Crippen LogP contribution in [0.15, 0.2) is 54.1 Å². The van der Waals surface area contributed by atoms with Crippen molar-refractivity contribution in [3.63, 3.8) is 0 Å². The number of carbonyl (C=O) groups excluding carboxylic acids is 2. The second-order valence-corrected chi connectivity index (χ2v) is 5.37. The third-order valence-electron chi connectivity index (χ3n) is 3.46. The van der Waals surface area contributed by atoms with Gasteiger partial charge in [-0.2, -0.15) is 0 Å². The molecule has 23 heavy (non-hydrogen) atoms. The van der Waals surface area contributed by atoms with E-state index in [1.54, 1.807) is 12.1 Å². The van der Waals surface area contributed by atoms with Crippen LogP contribution in [0.25, 0.3) is 5.76 Å². The molecule has 1 heterocycles. The highest BCUT2D eigenvalue weighted by atomic mass is 35.5. The lowest BCUT2D eigenvalue weighted by Gasteiger charge is -2.12. The fourth-order valence-electron chi connectivity index (χ4n) is 2.32. The summed E-state index contributed by atoms with van der Waals surface area (Å²) < 4.78 is 18.1. The standard InChI is InChI=1S/C17H10ClFO4/c18-11-5-1-9(2-6-11)14(20)13-15(21)17(22)23-16(13)10-3-7-12(19)8-4-10/h1-8,16,20H/t16-/m1/s1. The lowest BCUT2D eigenvalue weighted by Crippen LogP contribution is -2.08. The van der Waals surface area contributed by atoms with Crippen LogP contribution in [0.2, 0.25) is 5.02 Å². The molecular formula is C17H10ClFO4. The summed E-state index contributed by atoms with van der Waals surface area (Å²) in [5.41, 5.74) is 0.535. The Morgan fingerprint density at radius 2 is 1.65 bits per heavy atom. The minimum atomic E-state index is -1.08. The van der Waals surface area contributed by atoms with E-state index in [1.165, 1.54) is 36.4 Å². The third kappa shape index (κ3) is 2.83. The van der Waals surface area contributed by atoms with Gasteiger partial charge in [0, 0.05) is 10.6 Å². The van der Waals surface area contributed by atoms with Crippen molar-refractivity contribution in [2.24, 2.45) is 0 Å². The molecule has 1 aliphatic heterocycles. The number of hydrogen-bond acceptors (Lipinski definition) is 4. The van der Waals surface area contributed by atoms with Gasteiger partial charge in [-0.25, -0.2) is 9.18 Å². The zero-order valence-corrected chi connectivity index (χ0v) is 12.4. The summed E-state index contributed by atoms with van der Waals surface area (Å²) in [5.74, 6) is -2.81. The molecule has 0 amide bonds. The van der Waals surface area contributed by atoms with Gasteiger partial charge in [-0.05, 0) is 42.0 Å². The van der Waals surface area contributed by atoms with Crippen LogP contribution in [-0.4, -0.2) is 16.9 Å². The molecule has 0 radical (unpaired) electrons.